The zero-order valence-corrected chi connectivity index (χ0v) is 22.3. The van der Waals surface area contributed by atoms with E-state index in [0.29, 0.717) is 6.42 Å². The second-order valence-electron chi connectivity index (χ2n) is 10.2. The molecule has 7 nitrogen and oxygen atoms in total. The summed E-state index contributed by atoms with van der Waals surface area (Å²) in [6.07, 6.45) is 20.2. The molecule has 1 aliphatic heterocycles. The molecule has 0 aliphatic carbocycles. The molecule has 0 bridgehead atoms. The fourth-order valence-electron chi connectivity index (χ4n) is 4.57. The van der Waals surface area contributed by atoms with Crippen LogP contribution in [-0.4, -0.2) is 33.9 Å². The number of ether oxygens (including phenoxy) is 2. The number of hydrogen-bond donors (Lipinski definition) is 1. The number of nitrogen functional groups attached to an aromatic ring is 1. The minimum Gasteiger partial charge on any atom is -0.463 e. The van der Waals surface area contributed by atoms with Crippen molar-refractivity contribution in [2.45, 2.75) is 128 Å². The first kappa shape index (κ1) is 30.0. The van der Waals surface area contributed by atoms with E-state index in [1.807, 2.05) is 0 Å². The van der Waals surface area contributed by atoms with E-state index in [-0.39, 0.29) is 24.8 Å². The molecule has 2 N–H and O–H groups in total. The third-order valence-corrected chi connectivity index (χ3v) is 6.64. The summed E-state index contributed by atoms with van der Waals surface area (Å²) in [6, 6.07) is 1.42. The zero-order chi connectivity index (χ0) is 26.2. The van der Waals surface area contributed by atoms with Crippen molar-refractivity contribution < 1.29 is 18.7 Å². The van der Waals surface area contributed by atoms with Crippen LogP contribution in [0, 0.1) is 0 Å². The molecule has 2 heterocycles. The van der Waals surface area contributed by atoms with Crippen molar-refractivity contribution in [3.8, 4) is 0 Å². The number of carbonyl (C=O) groups is 1. The molecule has 1 aromatic rings. The van der Waals surface area contributed by atoms with Crippen LogP contribution in [0.4, 0.5) is 10.2 Å². The maximum atomic E-state index is 15.0. The van der Waals surface area contributed by atoms with Crippen LogP contribution in [0.25, 0.3) is 0 Å². The Kier molecular flexibility index (Phi) is 13.8. The summed E-state index contributed by atoms with van der Waals surface area (Å²) in [4.78, 5) is 27.7. The number of allylic oxidation sites excluding steroid dienone is 2. The molecule has 0 amide bonds. The Bertz CT molecular complexity index is 855. The number of alkyl halides is 1. The zero-order valence-electron chi connectivity index (χ0n) is 22.3. The average molecular weight is 508 g/mol. The summed E-state index contributed by atoms with van der Waals surface area (Å²) in [5, 5.41) is 0. The molecule has 2 unspecified atom stereocenters. The van der Waals surface area contributed by atoms with Crippen LogP contribution in [-0.2, 0) is 14.3 Å². The van der Waals surface area contributed by atoms with Crippen molar-refractivity contribution in [3.05, 3.63) is 34.9 Å². The van der Waals surface area contributed by atoms with Gasteiger partial charge in [-0.25, -0.2) is 9.18 Å². The first-order chi connectivity index (χ1) is 17.3. The fourth-order valence-corrected chi connectivity index (χ4v) is 4.57. The van der Waals surface area contributed by atoms with Gasteiger partial charge in [0, 0.05) is 19.0 Å². The van der Waals surface area contributed by atoms with Crippen LogP contribution >= 0.6 is 0 Å². The Morgan fingerprint density at radius 3 is 2.39 bits per heavy atom. The highest BCUT2D eigenvalue weighted by Gasteiger charge is 2.47. The van der Waals surface area contributed by atoms with E-state index < -0.39 is 23.7 Å². The Labute approximate surface area is 215 Å². The first-order valence-electron chi connectivity index (χ1n) is 13.8. The van der Waals surface area contributed by atoms with Crippen LogP contribution < -0.4 is 11.4 Å². The van der Waals surface area contributed by atoms with Crippen LogP contribution in [0.1, 0.15) is 116 Å². The molecule has 36 heavy (non-hydrogen) atoms. The SMILES string of the molecule is CCCCCCCC/C=C/CCCCCCCC(=O)OCC1C[C@](C)(F)C(n2ccc(N)nc2=O)O1. The summed E-state index contributed by atoms with van der Waals surface area (Å²) in [7, 11) is 0. The summed E-state index contributed by atoms with van der Waals surface area (Å²) >= 11 is 0. The minimum atomic E-state index is -1.79. The van der Waals surface area contributed by atoms with Crippen molar-refractivity contribution in [3.63, 3.8) is 0 Å². The van der Waals surface area contributed by atoms with Crippen LogP contribution in [0.5, 0.6) is 0 Å². The number of esters is 1. The lowest BCUT2D eigenvalue weighted by Gasteiger charge is -2.22. The highest BCUT2D eigenvalue weighted by Crippen LogP contribution is 2.40. The number of halogens is 1. The summed E-state index contributed by atoms with van der Waals surface area (Å²) in [6.45, 7) is 3.59. The highest BCUT2D eigenvalue weighted by molar-refractivity contribution is 5.69. The molecule has 1 saturated heterocycles. The number of anilines is 1. The maximum absolute atomic E-state index is 15.0. The number of aromatic nitrogens is 2. The second kappa shape index (κ2) is 16.5. The second-order valence-corrected chi connectivity index (χ2v) is 10.2. The summed E-state index contributed by atoms with van der Waals surface area (Å²) in [5.74, 6) is -0.234. The minimum absolute atomic E-state index is 0.0230. The smallest absolute Gasteiger partial charge is 0.351 e. The average Bonchev–Trinajstić information content (AvgIpc) is 3.14. The van der Waals surface area contributed by atoms with Crippen LogP contribution in [0.3, 0.4) is 0 Å². The van der Waals surface area contributed by atoms with Crippen molar-refractivity contribution in [1.82, 2.24) is 9.55 Å². The number of nitrogens with two attached hydrogens (primary N) is 1. The van der Waals surface area contributed by atoms with E-state index >= 15 is 4.39 Å². The molecule has 2 rings (SSSR count). The van der Waals surface area contributed by atoms with Gasteiger partial charge in [-0.15, -0.1) is 0 Å². The van der Waals surface area contributed by atoms with Crippen molar-refractivity contribution in [2.75, 3.05) is 12.3 Å². The Balaban J connectivity index is 1.50. The lowest BCUT2D eigenvalue weighted by molar-refractivity contribution is -0.149. The van der Waals surface area contributed by atoms with Gasteiger partial charge in [-0.2, -0.15) is 4.98 Å². The number of rotatable bonds is 18. The van der Waals surface area contributed by atoms with Crippen molar-refractivity contribution in [1.29, 1.82) is 0 Å². The van der Waals surface area contributed by atoms with E-state index in [4.69, 9.17) is 15.2 Å². The molecule has 0 radical (unpaired) electrons. The topological polar surface area (TPSA) is 96.4 Å². The molecule has 0 saturated carbocycles. The largest absolute Gasteiger partial charge is 0.463 e. The predicted molar refractivity (Wildman–Crippen MR) is 141 cm³/mol. The molecule has 0 spiro atoms. The molecule has 1 aromatic heterocycles. The van der Waals surface area contributed by atoms with Gasteiger partial charge >= 0.3 is 11.7 Å². The number of nitrogens with zero attached hydrogens (tertiary/aromatic N) is 2. The molecule has 0 aromatic carbocycles. The quantitative estimate of drug-likeness (QED) is 0.140. The molecule has 8 heteroatoms. The van der Waals surface area contributed by atoms with Crippen molar-refractivity contribution >= 4 is 11.8 Å². The Morgan fingerprint density at radius 2 is 1.75 bits per heavy atom. The third kappa shape index (κ3) is 11.2. The van der Waals surface area contributed by atoms with Gasteiger partial charge in [-0.3, -0.25) is 9.36 Å². The molecule has 1 fully saturated rings. The van der Waals surface area contributed by atoms with E-state index in [1.165, 1.54) is 77.0 Å². The van der Waals surface area contributed by atoms with E-state index in [2.05, 4.69) is 24.1 Å². The van der Waals surface area contributed by atoms with E-state index in [9.17, 15) is 9.59 Å². The standard InChI is InChI=1S/C28H46FN3O4/c1-3-4-5-6-7-8-9-10-11-12-13-14-15-16-17-18-25(33)35-22-23-21-28(2,29)26(36-23)32-20-19-24(30)31-27(32)34/h10-11,19-20,23,26H,3-9,12-18,21-22H2,1-2H3,(H2,30,31,34)/b11-10+/t23?,26?,28-/m0/s1. The summed E-state index contributed by atoms with van der Waals surface area (Å²) < 4.78 is 27.1. The molecular formula is C28H46FN3O4. The van der Waals surface area contributed by atoms with Crippen LogP contribution in [0.2, 0.25) is 0 Å². The van der Waals surface area contributed by atoms with Gasteiger partial charge in [0.2, 0.25) is 0 Å². The Hall–Kier alpha value is -2.22. The molecule has 3 atom stereocenters. The maximum Gasteiger partial charge on any atom is 0.351 e. The monoisotopic (exact) mass is 507 g/mol. The predicted octanol–water partition coefficient (Wildman–Crippen LogP) is 6.42. The number of carbonyl (C=O) groups excluding carboxylic acids is 1. The molecule has 204 valence electrons. The van der Waals surface area contributed by atoms with Gasteiger partial charge in [-0.05, 0) is 45.1 Å². The Morgan fingerprint density at radius 1 is 1.14 bits per heavy atom. The lowest BCUT2D eigenvalue weighted by atomic mass is 10.0. The normalized spacial score (nSPS) is 21.9. The van der Waals surface area contributed by atoms with Crippen LogP contribution in [0.15, 0.2) is 29.2 Å². The first-order valence-corrected chi connectivity index (χ1v) is 13.8. The van der Waals surface area contributed by atoms with E-state index in [1.54, 1.807) is 0 Å². The van der Waals surface area contributed by atoms with Gasteiger partial charge in [0.1, 0.15) is 12.4 Å². The number of hydrogen-bond acceptors (Lipinski definition) is 6. The molecule has 1 aliphatic rings. The third-order valence-electron chi connectivity index (χ3n) is 6.64. The van der Waals surface area contributed by atoms with Gasteiger partial charge in [0.25, 0.3) is 0 Å². The van der Waals surface area contributed by atoms with Gasteiger partial charge in [0.05, 0.1) is 6.10 Å². The molecular weight excluding hydrogens is 461 g/mol. The number of unbranched alkanes of at least 4 members (excludes halogenated alkanes) is 11. The van der Waals surface area contributed by atoms with Gasteiger partial charge < -0.3 is 15.2 Å². The van der Waals surface area contributed by atoms with E-state index in [0.717, 1.165) is 30.3 Å². The summed E-state index contributed by atoms with van der Waals surface area (Å²) in [5.41, 5.74) is 3.03. The van der Waals surface area contributed by atoms with Crippen molar-refractivity contribution in [2.24, 2.45) is 0 Å². The van der Waals surface area contributed by atoms with Gasteiger partial charge in [0.15, 0.2) is 11.9 Å². The highest BCUT2D eigenvalue weighted by atomic mass is 19.1. The van der Waals surface area contributed by atoms with Gasteiger partial charge in [-0.1, -0.05) is 70.4 Å². The lowest BCUT2D eigenvalue weighted by Crippen LogP contribution is -2.35. The fraction of sp³-hybridized carbons (Fsp3) is 0.750.